The van der Waals surface area contributed by atoms with Crippen LogP contribution >= 0.6 is 0 Å². The Kier molecular flexibility index (Phi) is 5.36. The van der Waals surface area contributed by atoms with Crippen LogP contribution in [0.5, 0.6) is 0 Å². The minimum atomic E-state index is -1.09. The highest BCUT2D eigenvalue weighted by molar-refractivity contribution is 6.04. The third kappa shape index (κ3) is 4.40. The van der Waals surface area contributed by atoms with Gasteiger partial charge in [-0.2, -0.15) is 0 Å². The smallest absolute Gasteiger partial charge is 0.337 e. The Morgan fingerprint density at radius 3 is 2.48 bits per heavy atom. The molecule has 8 nitrogen and oxygen atoms in total. The van der Waals surface area contributed by atoms with Crippen LogP contribution in [0.25, 0.3) is 0 Å². The fourth-order valence-corrected chi connectivity index (χ4v) is 3.09. The Morgan fingerprint density at radius 2 is 1.89 bits per heavy atom. The lowest BCUT2D eigenvalue weighted by Gasteiger charge is -2.36. The van der Waals surface area contributed by atoms with Crippen molar-refractivity contribution in [3.05, 3.63) is 47.4 Å². The molecule has 2 atom stereocenters. The van der Waals surface area contributed by atoms with Gasteiger partial charge in [0.15, 0.2) is 0 Å². The van der Waals surface area contributed by atoms with E-state index in [0.717, 1.165) is 18.9 Å². The Labute approximate surface area is 157 Å². The molecule has 0 spiro atoms. The van der Waals surface area contributed by atoms with Crippen LogP contribution in [0.15, 0.2) is 30.6 Å². The summed E-state index contributed by atoms with van der Waals surface area (Å²) in [5, 5.41) is 11.8. The Morgan fingerprint density at radius 1 is 1.19 bits per heavy atom. The van der Waals surface area contributed by atoms with Crippen molar-refractivity contribution < 1.29 is 19.4 Å². The number of anilines is 2. The molecule has 0 radical (unpaired) electrons. The third-order valence-corrected chi connectivity index (χ3v) is 4.33. The molecule has 0 bridgehead atoms. The Balaban J connectivity index is 1.71. The number of carboxylic acids is 1. The number of pyridine rings is 2. The monoisotopic (exact) mass is 370 g/mol. The van der Waals surface area contributed by atoms with Crippen molar-refractivity contribution in [3.8, 4) is 0 Å². The molecule has 1 aliphatic heterocycles. The number of amides is 1. The first kappa shape index (κ1) is 18.8. The molecule has 1 aliphatic rings. The van der Waals surface area contributed by atoms with Crippen LogP contribution in [0.1, 0.15) is 40.3 Å². The maximum Gasteiger partial charge on any atom is 0.337 e. The second-order valence-corrected chi connectivity index (χ2v) is 6.68. The van der Waals surface area contributed by atoms with E-state index in [9.17, 15) is 9.59 Å². The number of nitrogens with one attached hydrogen (secondary N) is 1. The van der Waals surface area contributed by atoms with E-state index < -0.39 is 5.97 Å². The fraction of sp³-hybridized carbons (Fsp3) is 0.368. The third-order valence-electron chi connectivity index (χ3n) is 4.33. The summed E-state index contributed by atoms with van der Waals surface area (Å²) in [7, 11) is 0. The summed E-state index contributed by atoms with van der Waals surface area (Å²) in [5.74, 6) is -0.672. The van der Waals surface area contributed by atoms with Crippen LogP contribution in [0.4, 0.5) is 11.5 Å². The highest BCUT2D eigenvalue weighted by atomic mass is 16.5. The average molecular weight is 370 g/mol. The fourth-order valence-electron chi connectivity index (χ4n) is 3.09. The summed E-state index contributed by atoms with van der Waals surface area (Å²) < 4.78 is 5.72. The summed E-state index contributed by atoms with van der Waals surface area (Å²) in [6, 6.07) is 4.89. The summed E-state index contributed by atoms with van der Waals surface area (Å²) in [6.07, 6.45) is 3.18. The number of morpholine rings is 1. The van der Waals surface area contributed by atoms with Crippen molar-refractivity contribution in [1.29, 1.82) is 0 Å². The zero-order valence-corrected chi connectivity index (χ0v) is 15.5. The number of rotatable bonds is 4. The lowest BCUT2D eigenvalue weighted by atomic mass is 10.2. The molecule has 2 aromatic rings. The topological polar surface area (TPSA) is 105 Å². The number of ether oxygens (including phenoxy) is 1. The van der Waals surface area contributed by atoms with E-state index in [1.165, 1.54) is 18.5 Å². The summed E-state index contributed by atoms with van der Waals surface area (Å²) in [4.78, 5) is 34.1. The molecule has 0 aliphatic carbocycles. The average Bonchev–Trinajstić information content (AvgIpc) is 2.62. The van der Waals surface area contributed by atoms with Gasteiger partial charge in [0.25, 0.3) is 5.91 Å². The van der Waals surface area contributed by atoms with Gasteiger partial charge < -0.3 is 20.1 Å². The van der Waals surface area contributed by atoms with Crippen molar-refractivity contribution in [2.45, 2.75) is 33.0 Å². The molecule has 3 rings (SSSR count). The van der Waals surface area contributed by atoms with Gasteiger partial charge in [-0.15, -0.1) is 0 Å². The molecule has 1 saturated heterocycles. The first-order valence-electron chi connectivity index (χ1n) is 8.71. The Bertz CT molecular complexity index is 843. The van der Waals surface area contributed by atoms with Crippen LogP contribution in [-0.4, -0.2) is 52.2 Å². The van der Waals surface area contributed by atoms with Gasteiger partial charge >= 0.3 is 5.97 Å². The molecule has 2 unspecified atom stereocenters. The highest BCUT2D eigenvalue weighted by Crippen LogP contribution is 2.19. The lowest BCUT2D eigenvalue weighted by molar-refractivity contribution is -0.00546. The van der Waals surface area contributed by atoms with Crippen molar-refractivity contribution in [1.82, 2.24) is 9.97 Å². The van der Waals surface area contributed by atoms with Crippen LogP contribution < -0.4 is 10.2 Å². The van der Waals surface area contributed by atoms with Gasteiger partial charge in [-0.25, -0.2) is 9.78 Å². The van der Waals surface area contributed by atoms with Gasteiger partial charge in [0.05, 0.1) is 40.9 Å². The normalized spacial score (nSPS) is 19.6. The van der Waals surface area contributed by atoms with Gasteiger partial charge in [-0.3, -0.25) is 9.78 Å². The molecule has 0 aromatic carbocycles. The molecule has 142 valence electrons. The quantitative estimate of drug-likeness (QED) is 0.851. The van der Waals surface area contributed by atoms with Crippen molar-refractivity contribution in [3.63, 3.8) is 0 Å². The maximum absolute atomic E-state index is 12.4. The number of carboxylic acid groups (broad SMARTS) is 1. The van der Waals surface area contributed by atoms with Crippen molar-refractivity contribution in [2.75, 3.05) is 23.3 Å². The number of aromatic nitrogens is 2. The van der Waals surface area contributed by atoms with Crippen LogP contribution in [0, 0.1) is 6.92 Å². The SMILES string of the molecule is Cc1ncc(NC(=O)c2ccc(N3CC(C)OC(C)C3)nc2)cc1C(=O)O. The zero-order chi connectivity index (χ0) is 19.6. The number of nitrogens with zero attached hydrogens (tertiary/aromatic N) is 3. The van der Waals surface area contributed by atoms with E-state index in [1.54, 1.807) is 19.1 Å². The molecule has 1 fully saturated rings. The minimum Gasteiger partial charge on any atom is -0.478 e. The zero-order valence-electron chi connectivity index (χ0n) is 15.5. The maximum atomic E-state index is 12.4. The van der Waals surface area contributed by atoms with E-state index in [0.29, 0.717) is 16.9 Å². The largest absolute Gasteiger partial charge is 0.478 e. The van der Waals surface area contributed by atoms with Gasteiger partial charge in [0, 0.05) is 19.3 Å². The van der Waals surface area contributed by atoms with Gasteiger partial charge in [-0.1, -0.05) is 0 Å². The molecular formula is C19H22N4O4. The standard InChI is InChI=1S/C19H22N4O4/c1-11-9-23(10-12(2)27-11)17-5-4-14(7-21-17)18(24)22-15-6-16(19(25)26)13(3)20-8-15/h4-8,11-12H,9-10H2,1-3H3,(H,22,24)(H,25,26). The second kappa shape index (κ2) is 7.71. The first-order chi connectivity index (χ1) is 12.8. The van der Waals surface area contributed by atoms with Crippen molar-refractivity contribution >= 4 is 23.4 Å². The summed E-state index contributed by atoms with van der Waals surface area (Å²) in [6.45, 7) is 7.13. The highest BCUT2D eigenvalue weighted by Gasteiger charge is 2.23. The molecule has 2 N–H and O–H groups in total. The van der Waals surface area contributed by atoms with E-state index in [-0.39, 0.29) is 23.7 Å². The summed E-state index contributed by atoms with van der Waals surface area (Å²) >= 11 is 0. The first-order valence-corrected chi connectivity index (χ1v) is 8.71. The molecule has 27 heavy (non-hydrogen) atoms. The Hall–Kier alpha value is -3.00. The molecule has 0 saturated carbocycles. The van der Waals surface area contributed by atoms with E-state index in [4.69, 9.17) is 9.84 Å². The van der Waals surface area contributed by atoms with Crippen LogP contribution in [0.3, 0.4) is 0 Å². The number of carbonyl (C=O) groups excluding carboxylic acids is 1. The number of aromatic carboxylic acids is 1. The van der Waals surface area contributed by atoms with Crippen LogP contribution in [-0.2, 0) is 4.74 Å². The molecule has 2 aromatic heterocycles. The number of hydrogen-bond donors (Lipinski definition) is 2. The molecular weight excluding hydrogens is 348 g/mol. The number of hydrogen-bond acceptors (Lipinski definition) is 6. The van der Waals surface area contributed by atoms with E-state index in [1.807, 2.05) is 13.8 Å². The van der Waals surface area contributed by atoms with E-state index >= 15 is 0 Å². The minimum absolute atomic E-state index is 0.0526. The molecule has 3 heterocycles. The van der Waals surface area contributed by atoms with Gasteiger partial charge in [-0.05, 0) is 39.0 Å². The van der Waals surface area contributed by atoms with Crippen molar-refractivity contribution in [2.24, 2.45) is 0 Å². The molecule has 1 amide bonds. The predicted molar refractivity (Wildman–Crippen MR) is 100 cm³/mol. The van der Waals surface area contributed by atoms with Gasteiger partial charge in [0.2, 0.25) is 0 Å². The summed E-state index contributed by atoms with van der Waals surface area (Å²) in [5.41, 5.74) is 1.14. The van der Waals surface area contributed by atoms with E-state index in [2.05, 4.69) is 20.2 Å². The lowest BCUT2D eigenvalue weighted by Crippen LogP contribution is -2.45. The van der Waals surface area contributed by atoms with Crippen LogP contribution in [0.2, 0.25) is 0 Å². The van der Waals surface area contributed by atoms with Gasteiger partial charge in [0.1, 0.15) is 5.82 Å². The predicted octanol–water partition coefficient (Wildman–Crippen LogP) is 2.35. The molecule has 8 heteroatoms. The second-order valence-electron chi connectivity index (χ2n) is 6.68. The number of carbonyl (C=O) groups is 2. The number of aryl methyl sites for hydroxylation is 1.